The number of Topliss-reactive ketones (excluding diaryl/α,β-unsaturated/α-hetero) is 1. The first-order valence-corrected chi connectivity index (χ1v) is 14.7. The second-order valence-electron chi connectivity index (χ2n) is 12.5. The SMILES string of the molecule is CC(=O)CCCCC(=O)NC(Cc1cc(F)cc(F)c1)C(O)CNC1(c2cccc(C(C)(C)C)c2)CCCCC1. The van der Waals surface area contributed by atoms with Crippen LogP contribution in [0.2, 0.25) is 0 Å². The summed E-state index contributed by atoms with van der Waals surface area (Å²) in [4.78, 5) is 24.0. The molecule has 2 atom stereocenters. The second kappa shape index (κ2) is 14.3. The summed E-state index contributed by atoms with van der Waals surface area (Å²) in [5.74, 6) is -1.57. The Morgan fingerprint density at radius 3 is 2.25 bits per heavy atom. The van der Waals surface area contributed by atoms with Crippen LogP contribution in [-0.2, 0) is 27.0 Å². The van der Waals surface area contributed by atoms with E-state index >= 15 is 0 Å². The molecule has 0 radical (unpaired) electrons. The Morgan fingerprint density at radius 2 is 1.62 bits per heavy atom. The molecule has 0 aliphatic heterocycles. The van der Waals surface area contributed by atoms with Gasteiger partial charge in [-0.25, -0.2) is 8.78 Å². The number of halogens is 2. The van der Waals surface area contributed by atoms with Gasteiger partial charge in [0.15, 0.2) is 0 Å². The number of carbonyl (C=O) groups is 2. The van der Waals surface area contributed by atoms with Gasteiger partial charge in [0, 0.05) is 31.0 Å². The Bertz CT molecular complexity index is 1120. The molecule has 1 aliphatic rings. The van der Waals surface area contributed by atoms with Gasteiger partial charge in [0.05, 0.1) is 12.1 Å². The molecule has 0 saturated heterocycles. The normalized spacial score (nSPS) is 16.8. The van der Waals surface area contributed by atoms with Crippen LogP contribution in [0.4, 0.5) is 8.78 Å². The number of hydrogen-bond donors (Lipinski definition) is 3. The van der Waals surface area contributed by atoms with Gasteiger partial charge in [-0.2, -0.15) is 0 Å². The van der Waals surface area contributed by atoms with Crippen LogP contribution in [0.15, 0.2) is 42.5 Å². The van der Waals surface area contributed by atoms with Crippen molar-refractivity contribution >= 4 is 11.7 Å². The molecular formula is C33H46F2N2O3. The van der Waals surface area contributed by atoms with Crippen LogP contribution >= 0.6 is 0 Å². The Balaban J connectivity index is 1.78. The molecule has 0 spiro atoms. The van der Waals surface area contributed by atoms with Crippen molar-refractivity contribution in [1.29, 1.82) is 0 Å². The van der Waals surface area contributed by atoms with Gasteiger partial charge in [-0.3, -0.25) is 4.79 Å². The van der Waals surface area contributed by atoms with Gasteiger partial charge >= 0.3 is 0 Å². The standard InChI is InChI=1S/C33H46F2N2O3/c1-23(38)11-6-7-14-31(40)37-29(19-24-17-27(34)21-28(35)18-24)30(39)22-36-33(15-8-5-9-16-33)26-13-10-12-25(20-26)32(2,3)4/h10,12-13,17-18,20-21,29-30,36,39H,5-9,11,14-16,19,22H2,1-4H3,(H,37,40). The Hall–Kier alpha value is -2.64. The highest BCUT2D eigenvalue weighted by molar-refractivity contribution is 5.77. The zero-order valence-corrected chi connectivity index (χ0v) is 24.5. The summed E-state index contributed by atoms with van der Waals surface area (Å²) >= 11 is 0. The maximum atomic E-state index is 13.9. The highest BCUT2D eigenvalue weighted by Crippen LogP contribution is 2.38. The van der Waals surface area contributed by atoms with E-state index in [1.807, 2.05) is 0 Å². The van der Waals surface area contributed by atoms with Crippen molar-refractivity contribution in [3.05, 3.63) is 70.8 Å². The molecule has 2 aromatic rings. The first-order chi connectivity index (χ1) is 18.9. The molecule has 0 bridgehead atoms. The van der Waals surface area contributed by atoms with Crippen molar-refractivity contribution in [3.63, 3.8) is 0 Å². The fraction of sp³-hybridized carbons (Fsp3) is 0.576. The van der Waals surface area contributed by atoms with Gasteiger partial charge in [0.1, 0.15) is 17.4 Å². The van der Waals surface area contributed by atoms with E-state index in [0.29, 0.717) is 24.8 Å². The van der Waals surface area contributed by atoms with Crippen LogP contribution in [0.3, 0.4) is 0 Å². The van der Waals surface area contributed by atoms with Crippen molar-refractivity contribution in [2.24, 2.45) is 0 Å². The fourth-order valence-corrected chi connectivity index (χ4v) is 5.65. The van der Waals surface area contributed by atoms with E-state index in [4.69, 9.17) is 0 Å². The molecule has 2 aromatic carbocycles. The maximum absolute atomic E-state index is 13.9. The zero-order valence-electron chi connectivity index (χ0n) is 24.5. The molecule has 3 rings (SSSR count). The average molecular weight is 557 g/mol. The number of benzene rings is 2. The summed E-state index contributed by atoms with van der Waals surface area (Å²) < 4.78 is 27.9. The number of carbonyl (C=O) groups excluding carboxylic acids is 2. The minimum absolute atomic E-state index is 0.00536. The minimum atomic E-state index is -0.989. The number of aliphatic hydroxyl groups is 1. The van der Waals surface area contributed by atoms with Crippen molar-refractivity contribution < 1.29 is 23.5 Å². The molecule has 0 aromatic heterocycles. The van der Waals surface area contributed by atoms with Crippen molar-refractivity contribution in [2.75, 3.05) is 6.54 Å². The van der Waals surface area contributed by atoms with Crippen LogP contribution in [0.25, 0.3) is 0 Å². The lowest BCUT2D eigenvalue weighted by Crippen LogP contribution is -2.53. The lowest BCUT2D eigenvalue weighted by atomic mass is 9.74. The molecule has 1 fully saturated rings. The van der Waals surface area contributed by atoms with Gasteiger partial charge < -0.3 is 20.5 Å². The van der Waals surface area contributed by atoms with Gasteiger partial charge in [-0.05, 0) is 73.3 Å². The van der Waals surface area contributed by atoms with Crippen molar-refractivity contribution in [3.8, 4) is 0 Å². The van der Waals surface area contributed by atoms with Crippen molar-refractivity contribution in [2.45, 2.75) is 115 Å². The number of nitrogens with one attached hydrogen (secondary N) is 2. The van der Waals surface area contributed by atoms with E-state index in [1.54, 1.807) is 0 Å². The summed E-state index contributed by atoms with van der Waals surface area (Å²) in [5, 5.41) is 17.9. The van der Waals surface area contributed by atoms with Crippen LogP contribution in [0, 0.1) is 11.6 Å². The highest BCUT2D eigenvalue weighted by Gasteiger charge is 2.35. The molecule has 1 amide bonds. The van der Waals surface area contributed by atoms with E-state index in [-0.39, 0.29) is 42.0 Å². The summed E-state index contributed by atoms with van der Waals surface area (Å²) in [7, 11) is 0. The molecule has 2 unspecified atom stereocenters. The molecule has 7 heteroatoms. The Labute approximate surface area is 238 Å². The number of hydrogen-bond acceptors (Lipinski definition) is 4. The van der Waals surface area contributed by atoms with Gasteiger partial charge in [0.2, 0.25) is 5.91 Å². The Morgan fingerprint density at radius 1 is 0.975 bits per heavy atom. The quantitative estimate of drug-likeness (QED) is 0.255. The van der Waals surface area contributed by atoms with Gasteiger partial charge in [-0.15, -0.1) is 0 Å². The number of aliphatic hydroxyl groups excluding tert-OH is 1. The van der Waals surface area contributed by atoms with E-state index in [1.165, 1.54) is 36.6 Å². The van der Waals surface area contributed by atoms with Crippen LogP contribution in [0.5, 0.6) is 0 Å². The van der Waals surface area contributed by atoms with Gasteiger partial charge in [0.25, 0.3) is 0 Å². The lowest BCUT2D eigenvalue weighted by Gasteiger charge is -2.41. The second-order valence-corrected chi connectivity index (χ2v) is 12.5. The zero-order chi connectivity index (χ0) is 29.3. The number of amides is 1. The van der Waals surface area contributed by atoms with E-state index in [9.17, 15) is 23.5 Å². The third kappa shape index (κ3) is 9.48. The fourth-order valence-electron chi connectivity index (χ4n) is 5.65. The average Bonchev–Trinajstić information content (AvgIpc) is 2.89. The molecule has 1 aliphatic carbocycles. The predicted octanol–water partition coefficient (Wildman–Crippen LogP) is 6.25. The molecule has 5 nitrogen and oxygen atoms in total. The molecule has 220 valence electrons. The van der Waals surface area contributed by atoms with E-state index in [0.717, 1.165) is 31.7 Å². The maximum Gasteiger partial charge on any atom is 0.220 e. The molecule has 0 heterocycles. The minimum Gasteiger partial charge on any atom is -0.390 e. The number of unbranched alkanes of at least 4 members (excludes halogenated alkanes) is 1. The largest absolute Gasteiger partial charge is 0.390 e. The summed E-state index contributed by atoms with van der Waals surface area (Å²) in [6.07, 6.45) is 6.09. The summed E-state index contributed by atoms with van der Waals surface area (Å²) in [5.41, 5.74) is 2.52. The number of rotatable bonds is 13. The van der Waals surface area contributed by atoms with Crippen LogP contribution < -0.4 is 10.6 Å². The monoisotopic (exact) mass is 556 g/mol. The number of ketones is 1. The molecule has 3 N–H and O–H groups in total. The van der Waals surface area contributed by atoms with E-state index < -0.39 is 23.8 Å². The van der Waals surface area contributed by atoms with E-state index in [2.05, 4.69) is 55.7 Å². The first-order valence-electron chi connectivity index (χ1n) is 14.7. The lowest BCUT2D eigenvalue weighted by molar-refractivity contribution is -0.123. The Kier molecular flexibility index (Phi) is 11.4. The summed E-state index contributed by atoms with van der Waals surface area (Å²) in [6.45, 7) is 8.32. The third-order valence-corrected chi connectivity index (χ3v) is 8.01. The highest BCUT2D eigenvalue weighted by atomic mass is 19.1. The molecule has 40 heavy (non-hydrogen) atoms. The van der Waals surface area contributed by atoms with Gasteiger partial charge in [-0.1, -0.05) is 64.3 Å². The third-order valence-electron chi connectivity index (χ3n) is 8.01. The molecular weight excluding hydrogens is 510 g/mol. The first kappa shape index (κ1) is 31.9. The summed E-state index contributed by atoms with van der Waals surface area (Å²) in [6, 6.07) is 11.2. The topological polar surface area (TPSA) is 78.4 Å². The van der Waals surface area contributed by atoms with Crippen LogP contribution in [0.1, 0.15) is 102 Å². The van der Waals surface area contributed by atoms with Crippen LogP contribution in [-0.4, -0.2) is 35.5 Å². The van der Waals surface area contributed by atoms with Crippen molar-refractivity contribution in [1.82, 2.24) is 10.6 Å². The molecule has 1 saturated carbocycles. The smallest absolute Gasteiger partial charge is 0.220 e. The predicted molar refractivity (Wildman–Crippen MR) is 155 cm³/mol.